The smallest absolute Gasteiger partial charge is 0.201 e. The fourth-order valence-electron chi connectivity index (χ4n) is 3.97. The van der Waals surface area contributed by atoms with Crippen LogP contribution >= 0.6 is 0 Å². The standard InChI is InChI=1S/C13H18N3.C8H12.CH3/c1-13(2)12-14(3)8-9-15(12)10-11-6-4-5-7-16(11)13;1-2-4-6-8-7-5-3-1;/h4-9,12H,10H2,1-3H3;1-2,7-8H,3-6H2;1H3/q+1;;-1/b;2-1-,8-7?;. The van der Waals surface area contributed by atoms with E-state index in [-0.39, 0.29) is 13.0 Å². The van der Waals surface area contributed by atoms with Gasteiger partial charge in [-0.05, 0) is 25.7 Å². The minimum absolute atomic E-state index is 0. The SMILES string of the molecule is C1=CCC/C=C\CC1.CN1C=CN2Cc3cccc[n+]3C(C)(C)C12.[CH3-]. The molecule has 3 heteroatoms. The van der Waals surface area contributed by atoms with E-state index in [2.05, 4.69) is 96.4 Å². The molecule has 3 nitrogen and oxygen atoms in total. The van der Waals surface area contributed by atoms with Gasteiger partial charge in [0.15, 0.2) is 12.4 Å². The molecule has 1 aromatic heterocycles. The Bertz CT molecular complexity index is 616. The molecule has 3 heterocycles. The van der Waals surface area contributed by atoms with Gasteiger partial charge in [-0.1, -0.05) is 30.4 Å². The Morgan fingerprint density at radius 2 is 1.56 bits per heavy atom. The van der Waals surface area contributed by atoms with Crippen LogP contribution in [-0.4, -0.2) is 23.0 Å². The van der Waals surface area contributed by atoms with E-state index >= 15 is 0 Å². The summed E-state index contributed by atoms with van der Waals surface area (Å²) >= 11 is 0. The van der Waals surface area contributed by atoms with E-state index in [0.717, 1.165) is 6.54 Å². The van der Waals surface area contributed by atoms with Crippen LogP contribution in [0.15, 0.2) is 61.1 Å². The van der Waals surface area contributed by atoms with Crippen LogP contribution in [0.3, 0.4) is 0 Å². The second-order valence-corrected chi connectivity index (χ2v) is 7.32. The molecule has 3 aliphatic rings. The van der Waals surface area contributed by atoms with E-state index in [4.69, 9.17) is 0 Å². The Morgan fingerprint density at radius 3 is 2.16 bits per heavy atom. The van der Waals surface area contributed by atoms with Crippen molar-refractivity contribution in [2.75, 3.05) is 7.05 Å². The molecular formula is C22H33N3. The molecule has 25 heavy (non-hydrogen) atoms. The molecule has 1 aromatic rings. The number of pyridine rings is 1. The van der Waals surface area contributed by atoms with Gasteiger partial charge in [-0.3, -0.25) is 0 Å². The number of hydrogen-bond donors (Lipinski definition) is 0. The van der Waals surface area contributed by atoms with Gasteiger partial charge in [0.1, 0.15) is 6.54 Å². The summed E-state index contributed by atoms with van der Waals surface area (Å²) in [7, 11) is 2.15. The molecule has 0 spiro atoms. The lowest BCUT2D eigenvalue weighted by Crippen LogP contribution is -2.70. The van der Waals surface area contributed by atoms with Gasteiger partial charge in [-0.2, -0.15) is 4.57 Å². The molecule has 2 aliphatic heterocycles. The second kappa shape index (κ2) is 8.37. The summed E-state index contributed by atoms with van der Waals surface area (Å²) in [5.41, 5.74) is 1.47. The maximum atomic E-state index is 2.41. The number of nitrogens with zero attached hydrogens (tertiary/aromatic N) is 3. The highest BCUT2D eigenvalue weighted by Crippen LogP contribution is 2.31. The highest BCUT2D eigenvalue weighted by Gasteiger charge is 2.50. The van der Waals surface area contributed by atoms with Gasteiger partial charge < -0.3 is 17.2 Å². The average molecular weight is 340 g/mol. The van der Waals surface area contributed by atoms with Crippen molar-refractivity contribution in [1.82, 2.24) is 9.80 Å². The van der Waals surface area contributed by atoms with Crippen molar-refractivity contribution in [2.24, 2.45) is 0 Å². The van der Waals surface area contributed by atoms with Crippen molar-refractivity contribution in [3.05, 3.63) is 74.2 Å². The normalized spacial score (nSPS) is 24.0. The topological polar surface area (TPSA) is 10.4 Å². The molecule has 1 atom stereocenters. The molecule has 0 aromatic carbocycles. The molecule has 136 valence electrons. The number of allylic oxidation sites excluding steroid dienone is 4. The first-order valence-corrected chi connectivity index (χ1v) is 9.07. The van der Waals surface area contributed by atoms with Crippen LogP contribution in [0.2, 0.25) is 0 Å². The quantitative estimate of drug-likeness (QED) is 0.394. The lowest BCUT2D eigenvalue weighted by molar-refractivity contribution is -0.780. The number of likely N-dealkylation sites (N-methyl/N-ethyl adjacent to an activating group) is 1. The highest BCUT2D eigenvalue weighted by molar-refractivity contribution is 5.08. The van der Waals surface area contributed by atoms with E-state index in [1.807, 2.05) is 0 Å². The zero-order chi connectivity index (χ0) is 17.0. The van der Waals surface area contributed by atoms with Gasteiger partial charge >= 0.3 is 0 Å². The Balaban J connectivity index is 0.000000214. The Kier molecular flexibility index (Phi) is 6.46. The first kappa shape index (κ1) is 19.3. The van der Waals surface area contributed by atoms with Gasteiger partial charge in [-0.15, -0.1) is 0 Å². The van der Waals surface area contributed by atoms with E-state index in [1.54, 1.807) is 0 Å². The molecule has 0 radical (unpaired) electrons. The van der Waals surface area contributed by atoms with Crippen molar-refractivity contribution >= 4 is 0 Å². The van der Waals surface area contributed by atoms with Crippen molar-refractivity contribution in [2.45, 2.75) is 57.8 Å². The van der Waals surface area contributed by atoms with E-state index in [0.29, 0.717) is 6.17 Å². The van der Waals surface area contributed by atoms with Crippen molar-refractivity contribution in [1.29, 1.82) is 0 Å². The second-order valence-electron chi connectivity index (χ2n) is 7.32. The van der Waals surface area contributed by atoms with Gasteiger partial charge in [0.2, 0.25) is 11.2 Å². The maximum Gasteiger partial charge on any atom is 0.201 e. The van der Waals surface area contributed by atoms with Crippen LogP contribution in [-0.2, 0) is 12.1 Å². The molecule has 0 saturated carbocycles. The summed E-state index contributed by atoms with van der Waals surface area (Å²) in [6.45, 7) is 5.60. The third kappa shape index (κ3) is 4.15. The Morgan fingerprint density at radius 1 is 0.960 bits per heavy atom. The number of rotatable bonds is 0. The van der Waals surface area contributed by atoms with E-state index < -0.39 is 0 Å². The summed E-state index contributed by atoms with van der Waals surface area (Å²) in [6.07, 6.45) is 21.0. The Labute approximate surface area is 154 Å². The molecule has 1 unspecified atom stereocenters. The summed E-state index contributed by atoms with van der Waals surface area (Å²) in [5.74, 6) is 0. The molecule has 0 bridgehead atoms. The van der Waals surface area contributed by atoms with Crippen molar-refractivity contribution in [3.63, 3.8) is 0 Å². The summed E-state index contributed by atoms with van der Waals surface area (Å²) in [6, 6.07) is 6.44. The number of fused-ring (bicyclic) bond motifs is 2. The van der Waals surface area contributed by atoms with Crippen LogP contribution in [0.5, 0.6) is 0 Å². The van der Waals surface area contributed by atoms with Gasteiger partial charge in [-0.25, -0.2) is 0 Å². The molecule has 0 fully saturated rings. The number of aromatic nitrogens is 1. The minimum Gasteiger partial charge on any atom is -0.358 e. The van der Waals surface area contributed by atoms with E-state index in [1.165, 1.54) is 31.4 Å². The van der Waals surface area contributed by atoms with Crippen LogP contribution in [0.4, 0.5) is 0 Å². The van der Waals surface area contributed by atoms with Crippen LogP contribution in [0.1, 0.15) is 45.2 Å². The maximum absolute atomic E-state index is 2.41. The molecule has 0 saturated heterocycles. The lowest BCUT2D eigenvalue weighted by Gasteiger charge is -2.41. The van der Waals surface area contributed by atoms with Crippen LogP contribution in [0, 0.1) is 7.43 Å². The molecule has 1 aliphatic carbocycles. The first-order chi connectivity index (χ1) is 11.6. The van der Waals surface area contributed by atoms with Gasteiger partial charge in [0.05, 0.1) is 0 Å². The van der Waals surface area contributed by atoms with Crippen LogP contribution < -0.4 is 4.57 Å². The monoisotopic (exact) mass is 339 g/mol. The van der Waals surface area contributed by atoms with Crippen molar-refractivity contribution in [3.8, 4) is 0 Å². The predicted octanol–water partition coefficient (Wildman–Crippen LogP) is 4.39. The Hall–Kier alpha value is -2.03. The summed E-state index contributed by atoms with van der Waals surface area (Å²) in [5, 5.41) is 0. The van der Waals surface area contributed by atoms with E-state index in [9.17, 15) is 0 Å². The fourth-order valence-corrected chi connectivity index (χ4v) is 3.97. The minimum atomic E-state index is 0. The molecular weight excluding hydrogens is 306 g/mol. The van der Waals surface area contributed by atoms with Crippen molar-refractivity contribution < 1.29 is 4.57 Å². The molecule has 4 rings (SSSR count). The summed E-state index contributed by atoms with van der Waals surface area (Å²) < 4.78 is 2.40. The zero-order valence-electron chi connectivity index (χ0n) is 16.2. The predicted molar refractivity (Wildman–Crippen MR) is 105 cm³/mol. The largest absolute Gasteiger partial charge is 0.358 e. The lowest BCUT2D eigenvalue weighted by atomic mass is 9.95. The summed E-state index contributed by atoms with van der Waals surface area (Å²) in [4.78, 5) is 4.71. The van der Waals surface area contributed by atoms with Gasteiger partial charge in [0.25, 0.3) is 0 Å². The highest BCUT2D eigenvalue weighted by atomic mass is 15.4. The third-order valence-corrected chi connectivity index (χ3v) is 5.07. The van der Waals surface area contributed by atoms with Crippen LogP contribution in [0.25, 0.3) is 0 Å². The number of hydrogen-bond acceptors (Lipinski definition) is 2. The zero-order valence-corrected chi connectivity index (χ0v) is 16.2. The first-order valence-electron chi connectivity index (χ1n) is 9.07. The molecule has 0 amide bonds. The average Bonchev–Trinajstić information content (AvgIpc) is 2.89. The fraction of sp³-hybridized carbons (Fsp3) is 0.455. The van der Waals surface area contributed by atoms with Gasteiger partial charge in [0, 0.05) is 45.4 Å². The molecule has 0 N–H and O–H groups in total. The third-order valence-electron chi connectivity index (χ3n) is 5.07.